The van der Waals surface area contributed by atoms with Gasteiger partial charge in [0.1, 0.15) is 5.60 Å². The van der Waals surface area contributed by atoms with Crippen LogP contribution in [0.25, 0.3) is 10.9 Å². The number of carbonyl (C=O) groups is 1. The van der Waals surface area contributed by atoms with Crippen LogP contribution in [0.1, 0.15) is 38.4 Å². The monoisotopic (exact) mass is 271 g/mol. The lowest BCUT2D eigenvalue weighted by molar-refractivity contribution is -0.160. The molecule has 0 amide bonds. The Morgan fingerprint density at radius 2 is 2.05 bits per heavy atom. The van der Waals surface area contributed by atoms with Gasteiger partial charge in [-0.2, -0.15) is 0 Å². The SMILES string of the molecule is CC(C)(C)OC(=O)C1CCc2[nH]c3ccccc3c2C1. The Labute approximate surface area is 119 Å². The zero-order chi connectivity index (χ0) is 14.3. The predicted octanol–water partition coefficient (Wildman–Crippen LogP) is 3.61. The maximum Gasteiger partial charge on any atom is 0.309 e. The van der Waals surface area contributed by atoms with Crippen LogP contribution in [-0.4, -0.2) is 16.6 Å². The molecule has 0 bridgehead atoms. The summed E-state index contributed by atoms with van der Waals surface area (Å²) in [7, 11) is 0. The predicted molar refractivity (Wildman–Crippen MR) is 79.7 cm³/mol. The fourth-order valence-corrected chi connectivity index (χ4v) is 2.96. The summed E-state index contributed by atoms with van der Waals surface area (Å²) in [6, 6.07) is 8.31. The summed E-state index contributed by atoms with van der Waals surface area (Å²) < 4.78 is 5.53. The molecule has 1 aliphatic rings. The second kappa shape index (κ2) is 4.65. The molecule has 0 aliphatic heterocycles. The highest BCUT2D eigenvalue weighted by molar-refractivity contribution is 5.86. The number of carbonyl (C=O) groups excluding carboxylic acids is 1. The molecule has 3 heteroatoms. The molecule has 1 atom stereocenters. The first-order valence-electron chi connectivity index (χ1n) is 7.25. The van der Waals surface area contributed by atoms with Crippen molar-refractivity contribution in [2.24, 2.45) is 5.92 Å². The third-order valence-corrected chi connectivity index (χ3v) is 3.84. The molecule has 3 nitrogen and oxygen atoms in total. The summed E-state index contributed by atoms with van der Waals surface area (Å²) in [4.78, 5) is 15.7. The molecule has 1 unspecified atom stereocenters. The lowest BCUT2D eigenvalue weighted by Gasteiger charge is -2.26. The van der Waals surface area contributed by atoms with Gasteiger partial charge in [0.2, 0.25) is 0 Å². The van der Waals surface area contributed by atoms with E-state index in [2.05, 4.69) is 17.1 Å². The van der Waals surface area contributed by atoms with E-state index in [1.54, 1.807) is 0 Å². The van der Waals surface area contributed by atoms with E-state index in [-0.39, 0.29) is 11.9 Å². The molecule has 0 saturated carbocycles. The topological polar surface area (TPSA) is 42.1 Å². The Bertz CT molecular complexity index is 649. The van der Waals surface area contributed by atoms with Crippen LogP contribution in [-0.2, 0) is 22.4 Å². The molecule has 0 saturated heterocycles. The molecule has 1 heterocycles. The van der Waals surface area contributed by atoms with Crippen molar-refractivity contribution in [3.63, 3.8) is 0 Å². The Hall–Kier alpha value is -1.77. The summed E-state index contributed by atoms with van der Waals surface area (Å²) in [5.74, 6) is -0.0747. The van der Waals surface area contributed by atoms with Gasteiger partial charge < -0.3 is 9.72 Å². The number of H-pyrrole nitrogens is 1. The Balaban J connectivity index is 1.86. The largest absolute Gasteiger partial charge is 0.460 e. The molecule has 2 aromatic rings. The van der Waals surface area contributed by atoms with Crippen molar-refractivity contribution in [1.29, 1.82) is 0 Å². The van der Waals surface area contributed by atoms with E-state index >= 15 is 0 Å². The molecule has 1 aromatic heterocycles. The van der Waals surface area contributed by atoms with Gasteiger partial charge in [-0.3, -0.25) is 4.79 Å². The first kappa shape index (κ1) is 13.2. The van der Waals surface area contributed by atoms with Crippen LogP contribution in [0.4, 0.5) is 0 Å². The molecule has 0 radical (unpaired) electrons. The van der Waals surface area contributed by atoms with Crippen molar-refractivity contribution in [2.75, 3.05) is 0 Å². The van der Waals surface area contributed by atoms with E-state index in [4.69, 9.17) is 4.74 Å². The summed E-state index contributed by atoms with van der Waals surface area (Å²) in [5, 5.41) is 1.25. The average Bonchev–Trinajstić information content (AvgIpc) is 2.74. The van der Waals surface area contributed by atoms with E-state index in [9.17, 15) is 4.79 Å². The van der Waals surface area contributed by atoms with E-state index < -0.39 is 5.60 Å². The number of aromatic amines is 1. The summed E-state index contributed by atoms with van der Waals surface area (Å²) in [6.07, 6.45) is 2.58. The van der Waals surface area contributed by atoms with Crippen molar-refractivity contribution >= 4 is 16.9 Å². The number of fused-ring (bicyclic) bond motifs is 3. The van der Waals surface area contributed by atoms with Crippen LogP contribution in [0.2, 0.25) is 0 Å². The van der Waals surface area contributed by atoms with Gasteiger partial charge in [0.15, 0.2) is 0 Å². The van der Waals surface area contributed by atoms with Gasteiger partial charge in [-0.15, -0.1) is 0 Å². The van der Waals surface area contributed by atoms with E-state index in [1.807, 2.05) is 32.9 Å². The van der Waals surface area contributed by atoms with Gasteiger partial charge in [0.05, 0.1) is 5.92 Å². The second-order valence-electron chi connectivity index (χ2n) is 6.60. The van der Waals surface area contributed by atoms with Gasteiger partial charge in [-0.1, -0.05) is 18.2 Å². The van der Waals surface area contributed by atoms with Crippen LogP contribution in [0.3, 0.4) is 0 Å². The zero-order valence-corrected chi connectivity index (χ0v) is 12.3. The maximum absolute atomic E-state index is 12.2. The zero-order valence-electron chi connectivity index (χ0n) is 12.3. The molecule has 0 spiro atoms. The number of esters is 1. The Morgan fingerprint density at radius 3 is 2.80 bits per heavy atom. The smallest absolute Gasteiger partial charge is 0.309 e. The van der Waals surface area contributed by atoms with Crippen LogP contribution in [0.15, 0.2) is 24.3 Å². The quantitative estimate of drug-likeness (QED) is 0.805. The summed E-state index contributed by atoms with van der Waals surface area (Å²) in [5.41, 5.74) is 3.34. The molecule has 20 heavy (non-hydrogen) atoms. The molecule has 1 aliphatic carbocycles. The van der Waals surface area contributed by atoms with Crippen molar-refractivity contribution < 1.29 is 9.53 Å². The minimum atomic E-state index is -0.405. The molecule has 3 rings (SSSR count). The Morgan fingerprint density at radius 1 is 1.30 bits per heavy atom. The van der Waals surface area contributed by atoms with E-state index in [1.165, 1.54) is 22.2 Å². The van der Waals surface area contributed by atoms with Crippen molar-refractivity contribution in [2.45, 2.75) is 45.6 Å². The number of para-hydroxylation sites is 1. The number of benzene rings is 1. The minimum absolute atomic E-state index is 0.0130. The highest BCUT2D eigenvalue weighted by Gasteiger charge is 2.30. The van der Waals surface area contributed by atoms with Gasteiger partial charge in [0.25, 0.3) is 0 Å². The first-order valence-corrected chi connectivity index (χ1v) is 7.25. The highest BCUT2D eigenvalue weighted by atomic mass is 16.6. The highest BCUT2D eigenvalue weighted by Crippen LogP contribution is 2.32. The fraction of sp³-hybridized carbons (Fsp3) is 0.471. The first-order chi connectivity index (χ1) is 9.44. The number of aryl methyl sites for hydroxylation is 1. The van der Waals surface area contributed by atoms with E-state index in [0.717, 1.165) is 19.3 Å². The van der Waals surface area contributed by atoms with Crippen molar-refractivity contribution in [1.82, 2.24) is 4.98 Å². The molecule has 0 fully saturated rings. The third kappa shape index (κ3) is 2.45. The van der Waals surface area contributed by atoms with Crippen molar-refractivity contribution in [3.8, 4) is 0 Å². The molecule has 106 valence electrons. The van der Waals surface area contributed by atoms with Crippen LogP contribution in [0.5, 0.6) is 0 Å². The van der Waals surface area contributed by atoms with Gasteiger partial charge in [0, 0.05) is 16.6 Å². The average molecular weight is 271 g/mol. The van der Waals surface area contributed by atoms with Crippen LogP contribution in [0, 0.1) is 5.92 Å². The molecular weight excluding hydrogens is 250 g/mol. The summed E-state index contributed by atoms with van der Waals surface area (Å²) >= 11 is 0. The summed E-state index contributed by atoms with van der Waals surface area (Å²) in [6.45, 7) is 5.76. The van der Waals surface area contributed by atoms with Crippen LogP contribution < -0.4 is 0 Å². The minimum Gasteiger partial charge on any atom is -0.460 e. The number of ether oxygens (including phenoxy) is 1. The molecular formula is C17H21NO2. The van der Waals surface area contributed by atoms with Gasteiger partial charge in [-0.05, 0) is 51.7 Å². The van der Waals surface area contributed by atoms with Gasteiger partial charge in [-0.25, -0.2) is 0 Å². The number of aromatic nitrogens is 1. The number of hydrogen-bond acceptors (Lipinski definition) is 2. The molecule has 1 N–H and O–H groups in total. The lowest BCUT2D eigenvalue weighted by atomic mass is 9.86. The maximum atomic E-state index is 12.2. The number of hydrogen-bond donors (Lipinski definition) is 1. The molecule has 1 aromatic carbocycles. The lowest BCUT2D eigenvalue weighted by Crippen LogP contribution is -2.31. The van der Waals surface area contributed by atoms with Crippen LogP contribution >= 0.6 is 0 Å². The number of nitrogens with one attached hydrogen (secondary N) is 1. The van der Waals surface area contributed by atoms with Gasteiger partial charge >= 0.3 is 5.97 Å². The van der Waals surface area contributed by atoms with Crippen molar-refractivity contribution in [3.05, 3.63) is 35.5 Å². The fourth-order valence-electron chi connectivity index (χ4n) is 2.96. The third-order valence-electron chi connectivity index (χ3n) is 3.84. The Kier molecular flexibility index (Phi) is 3.08. The number of rotatable bonds is 1. The normalized spacial score (nSPS) is 18.9. The standard InChI is InChI=1S/C17H21NO2/c1-17(2,3)20-16(19)11-8-9-15-13(10-11)12-6-4-5-7-14(12)18-15/h4-7,11,18H,8-10H2,1-3H3. The second-order valence-corrected chi connectivity index (χ2v) is 6.60. The van der Waals surface area contributed by atoms with E-state index in [0.29, 0.717) is 0 Å².